The molecule has 0 bridgehead atoms. The molecule has 1 unspecified atom stereocenters. The third kappa shape index (κ3) is 24.0. The van der Waals surface area contributed by atoms with Crippen molar-refractivity contribution in [2.75, 3.05) is 0 Å². The number of carbonyl (C=O) groups excluding carboxylic acids is 1. The summed E-state index contributed by atoms with van der Waals surface area (Å²) in [5.41, 5.74) is 0. The van der Waals surface area contributed by atoms with E-state index < -0.39 is 12.3 Å². The molecule has 3 nitrogen and oxygen atoms in total. The minimum absolute atomic E-state index is 0.424. The molecule has 0 fully saturated rings. The number of aliphatic hydroxyl groups is 1. The maximum absolute atomic E-state index is 10.7. The minimum atomic E-state index is -0.940. The van der Waals surface area contributed by atoms with Crippen molar-refractivity contribution >= 4 is 5.97 Å². The van der Waals surface area contributed by atoms with E-state index in [2.05, 4.69) is 53.9 Å². The molecule has 0 aliphatic carbocycles. The molecule has 0 aromatic carbocycles. The fourth-order valence-corrected chi connectivity index (χ4v) is 2.79. The van der Waals surface area contributed by atoms with E-state index in [9.17, 15) is 9.90 Å². The molecule has 0 amide bonds. The summed E-state index contributed by atoms with van der Waals surface area (Å²) in [6, 6.07) is 0. The molecule has 0 rings (SSSR count). The molecular formula is C27H42O3. The van der Waals surface area contributed by atoms with Gasteiger partial charge in [0.25, 0.3) is 0 Å². The lowest BCUT2D eigenvalue weighted by atomic mass is 10.1. The van der Waals surface area contributed by atoms with Gasteiger partial charge in [-0.05, 0) is 31.8 Å². The van der Waals surface area contributed by atoms with Gasteiger partial charge >= 0.3 is 5.97 Å². The Morgan fingerprint density at radius 2 is 1.53 bits per heavy atom. The van der Waals surface area contributed by atoms with E-state index in [4.69, 9.17) is 0 Å². The summed E-state index contributed by atoms with van der Waals surface area (Å²) in [4.78, 5) is 10.7. The average molecular weight is 415 g/mol. The van der Waals surface area contributed by atoms with Gasteiger partial charge in [0, 0.05) is 19.8 Å². The van der Waals surface area contributed by atoms with Crippen LogP contribution in [-0.2, 0) is 9.53 Å². The van der Waals surface area contributed by atoms with Gasteiger partial charge in [0.2, 0.25) is 6.29 Å². The third-order valence-corrected chi connectivity index (χ3v) is 4.46. The van der Waals surface area contributed by atoms with Crippen molar-refractivity contribution in [1.29, 1.82) is 0 Å². The molecule has 0 aliphatic rings. The minimum Gasteiger partial charge on any atom is -0.436 e. The Hall–Kier alpha value is -2.05. The van der Waals surface area contributed by atoms with Crippen LogP contribution >= 0.6 is 0 Å². The molecule has 0 saturated carbocycles. The van der Waals surface area contributed by atoms with Gasteiger partial charge in [0.1, 0.15) is 0 Å². The highest BCUT2D eigenvalue weighted by Gasteiger charge is 2.05. The predicted molar refractivity (Wildman–Crippen MR) is 128 cm³/mol. The molecular weight excluding hydrogens is 372 g/mol. The Labute approximate surface area is 185 Å². The van der Waals surface area contributed by atoms with Crippen LogP contribution in [0.3, 0.4) is 0 Å². The normalized spacial score (nSPS) is 12.8. The molecule has 168 valence electrons. The monoisotopic (exact) mass is 414 g/mol. The van der Waals surface area contributed by atoms with E-state index in [-0.39, 0.29) is 0 Å². The first-order valence-electron chi connectivity index (χ1n) is 11.6. The second-order valence-electron chi connectivity index (χ2n) is 7.42. The van der Waals surface area contributed by atoms with Crippen LogP contribution in [0.5, 0.6) is 0 Å². The number of aliphatic hydroxyl groups excluding tert-OH is 1. The van der Waals surface area contributed by atoms with Crippen molar-refractivity contribution in [3.63, 3.8) is 0 Å². The van der Waals surface area contributed by atoms with Crippen molar-refractivity contribution in [2.45, 2.75) is 104 Å². The molecule has 30 heavy (non-hydrogen) atoms. The molecule has 0 aromatic rings. The number of rotatable bonds is 17. The summed E-state index contributed by atoms with van der Waals surface area (Å²) in [7, 11) is 0. The van der Waals surface area contributed by atoms with Crippen LogP contribution in [0.25, 0.3) is 0 Å². The molecule has 1 atom stereocenters. The average Bonchev–Trinajstić information content (AvgIpc) is 2.71. The zero-order chi connectivity index (χ0) is 22.1. The van der Waals surface area contributed by atoms with Gasteiger partial charge in [-0.2, -0.15) is 0 Å². The van der Waals surface area contributed by atoms with Gasteiger partial charge < -0.3 is 9.84 Å². The van der Waals surface area contributed by atoms with E-state index in [0.29, 0.717) is 6.42 Å². The van der Waals surface area contributed by atoms with Crippen molar-refractivity contribution in [3.8, 4) is 11.8 Å². The highest BCUT2D eigenvalue weighted by Crippen LogP contribution is 2.11. The van der Waals surface area contributed by atoms with Gasteiger partial charge in [-0.15, -0.1) is 0 Å². The predicted octanol–water partition coefficient (Wildman–Crippen LogP) is 7.19. The Kier molecular flexibility index (Phi) is 21.6. The van der Waals surface area contributed by atoms with Crippen LogP contribution < -0.4 is 0 Å². The molecule has 0 spiro atoms. The number of hydrogen-bond donors (Lipinski definition) is 1. The third-order valence-electron chi connectivity index (χ3n) is 4.46. The maximum Gasteiger partial charge on any atom is 0.304 e. The van der Waals surface area contributed by atoms with Crippen molar-refractivity contribution in [2.24, 2.45) is 0 Å². The Morgan fingerprint density at radius 3 is 2.23 bits per heavy atom. The Balaban J connectivity index is 3.47. The van der Waals surface area contributed by atoms with Gasteiger partial charge in [-0.25, -0.2) is 0 Å². The number of ether oxygens (including phenoxy) is 1. The second-order valence-corrected chi connectivity index (χ2v) is 7.42. The first-order chi connectivity index (χ1) is 14.7. The van der Waals surface area contributed by atoms with Crippen LogP contribution in [0.15, 0.2) is 48.6 Å². The van der Waals surface area contributed by atoms with Gasteiger partial charge in [0.15, 0.2) is 0 Å². The fourth-order valence-electron chi connectivity index (χ4n) is 2.79. The highest BCUT2D eigenvalue weighted by molar-refractivity contribution is 5.65. The van der Waals surface area contributed by atoms with Crippen LogP contribution in [0.1, 0.15) is 97.3 Å². The number of esters is 1. The van der Waals surface area contributed by atoms with E-state index in [1.54, 1.807) is 0 Å². The summed E-state index contributed by atoms with van der Waals surface area (Å²) in [5, 5.41) is 9.42. The zero-order valence-electron chi connectivity index (χ0n) is 19.2. The SMILES string of the molecule is CCCCC=CC=CCC=CC=CC#CCCCCCCCCCC(O)OC(C)=O. The molecule has 3 heteroatoms. The standard InChI is InChI=1S/C27H42O3/c1-3-4-5-6-7-8-9-10-11-12-13-14-15-16-17-18-19-20-21-22-23-24-25-27(29)30-26(2)28/h6-9,11-14,27,29H,3-5,10,17-25H2,1-2H3. The van der Waals surface area contributed by atoms with Crippen molar-refractivity contribution in [3.05, 3.63) is 48.6 Å². The summed E-state index contributed by atoms with van der Waals surface area (Å²) in [6.45, 7) is 3.53. The van der Waals surface area contributed by atoms with Crippen LogP contribution in [0.4, 0.5) is 0 Å². The zero-order valence-corrected chi connectivity index (χ0v) is 19.2. The molecule has 1 N–H and O–H groups in total. The first-order valence-corrected chi connectivity index (χ1v) is 11.6. The lowest BCUT2D eigenvalue weighted by Crippen LogP contribution is -2.14. The molecule has 0 heterocycles. The van der Waals surface area contributed by atoms with Crippen LogP contribution in [-0.4, -0.2) is 17.4 Å². The Morgan fingerprint density at radius 1 is 0.900 bits per heavy atom. The second kappa shape index (κ2) is 23.2. The summed E-state index contributed by atoms with van der Waals surface area (Å²) in [6.07, 6.45) is 29.8. The lowest BCUT2D eigenvalue weighted by molar-refractivity contribution is -0.165. The summed E-state index contributed by atoms with van der Waals surface area (Å²) < 4.78 is 4.69. The van der Waals surface area contributed by atoms with E-state index in [1.165, 1.54) is 45.4 Å². The first kappa shape index (κ1) is 27.9. The van der Waals surface area contributed by atoms with Crippen LogP contribution in [0, 0.1) is 11.8 Å². The quantitative estimate of drug-likeness (QED) is 0.0901. The smallest absolute Gasteiger partial charge is 0.304 e. The molecule has 0 saturated heterocycles. The molecule has 0 radical (unpaired) electrons. The number of allylic oxidation sites excluding steroid dienone is 8. The van der Waals surface area contributed by atoms with Crippen molar-refractivity contribution < 1.29 is 14.6 Å². The number of hydrogen-bond acceptors (Lipinski definition) is 3. The van der Waals surface area contributed by atoms with E-state index in [1.807, 2.05) is 18.2 Å². The summed E-state index contributed by atoms with van der Waals surface area (Å²) in [5.74, 6) is 5.86. The van der Waals surface area contributed by atoms with Crippen molar-refractivity contribution in [1.82, 2.24) is 0 Å². The molecule has 0 aromatic heterocycles. The summed E-state index contributed by atoms with van der Waals surface area (Å²) >= 11 is 0. The highest BCUT2D eigenvalue weighted by atomic mass is 16.6. The van der Waals surface area contributed by atoms with Crippen LogP contribution in [0.2, 0.25) is 0 Å². The maximum atomic E-state index is 10.7. The van der Waals surface area contributed by atoms with Gasteiger partial charge in [-0.1, -0.05) is 106 Å². The van der Waals surface area contributed by atoms with E-state index >= 15 is 0 Å². The Bertz CT molecular complexity index is 573. The number of unbranched alkanes of at least 4 members (excludes halogenated alkanes) is 9. The lowest BCUT2D eigenvalue weighted by Gasteiger charge is -2.09. The topological polar surface area (TPSA) is 46.5 Å². The number of carbonyl (C=O) groups is 1. The fraction of sp³-hybridized carbons (Fsp3) is 0.593. The van der Waals surface area contributed by atoms with E-state index in [0.717, 1.165) is 38.5 Å². The largest absolute Gasteiger partial charge is 0.436 e. The van der Waals surface area contributed by atoms with Gasteiger partial charge in [-0.3, -0.25) is 4.79 Å². The molecule has 0 aliphatic heterocycles. The van der Waals surface area contributed by atoms with Gasteiger partial charge in [0.05, 0.1) is 0 Å².